The summed E-state index contributed by atoms with van der Waals surface area (Å²) in [6, 6.07) is 6.89. The van der Waals surface area contributed by atoms with Crippen LogP contribution in [0.15, 0.2) is 24.3 Å². The molecule has 0 heterocycles. The zero-order chi connectivity index (χ0) is 14.4. The Balaban J connectivity index is 2.94. The number of ether oxygens (including phenoxy) is 1. The minimum absolute atomic E-state index is 0.324. The molecule has 0 aliphatic carbocycles. The molecule has 0 radical (unpaired) electrons. The largest absolute Gasteiger partial charge is 0.497 e. The number of carboxylic acids is 1. The van der Waals surface area contributed by atoms with Gasteiger partial charge in [0.1, 0.15) is 11.0 Å². The Morgan fingerprint density at radius 3 is 2.79 bits per heavy atom. The number of hydrogen-bond acceptors (Lipinski definition) is 5. The molecule has 104 valence electrons. The molecule has 1 N–H and O–H groups in total. The maximum Gasteiger partial charge on any atom is 0.316 e. The first-order chi connectivity index (χ1) is 8.93. The summed E-state index contributed by atoms with van der Waals surface area (Å²) in [6.07, 6.45) is 0. The first-order valence-electron chi connectivity index (χ1n) is 5.58. The van der Waals surface area contributed by atoms with Crippen LogP contribution in [0.4, 0.5) is 0 Å². The lowest BCUT2D eigenvalue weighted by Gasteiger charge is -2.16. The molecule has 2 atom stereocenters. The van der Waals surface area contributed by atoms with Crippen LogP contribution in [0.25, 0.3) is 0 Å². The topological polar surface area (TPSA) is 89.7 Å². The Bertz CT molecular complexity index is 465. The first kappa shape index (κ1) is 15.3. The second kappa shape index (κ2) is 6.98. The van der Waals surface area contributed by atoms with Gasteiger partial charge in [0.15, 0.2) is 0 Å². The number of nitrogens with zero attached hydrogens (tertiary/aromatic N) is 1. The minimum Gasteiger partial charge on any atom is -0.497 e. The van der Waals surface area contributed by atoms with Gasteiger partial charge < -0.3 is 9.84 Å². The van der Waals surface area contributed by atoms with Gasteiger partial charge in [0.2, 0.25) is 6.54 Å². The Morgan fingerprint density at radius 2 is 2.26 bits per heavy atom. The lowest BCUT2D eigenvalue weighted by molar-refractivity contribution is -0.479. The van der Waals surface area contributed by atoms with E-state index in [1.54, 1.807) is 24.3 Å². The fourth-order valence-electron chi connectivity index (χ4n) is 1.51. The molecule has 0 saturated heterocycles. The summed E-state index contributed by atoms with van der Waals surface area (Å²) < 4.78 is 5.07. The molecule has 0 aliphatic rings. The van der Waals surface area contributed by atoms with E-state index in [-0.39, 0.29) is 6.54 Å². The summed E-state index contributed by atoms with van der Waals surface area (Å²) in [6.45, 7) is 1.19. The van der Waals surface area contributed by atoms with E-state index in [9.17, 15) is 14.9 Å². The molecule has 7 heteroatoms. The number of carboxylic acid groups (broad SMARTS) is 1. The van der Waals surface area contributed by atoms with Gasteiger partial charge >= 0.3 is 5.97 Å². The van der Waals surface area contributed by atoms with Gasteiger partial charge in [-0.05, 0) is 24.6 Å². The van der Waals surface area contributed by atoms with E-state index in [0.717, 1.165) is 11.8 Å². The number of benzene rings is 1. The molecule has 1 aromatic rings. The molecule has 0 aromatic heterocycles. The van der Waals surface area contributed by atoms with Crippen LogP contribution in [0, 0.1) is 10.1 Å². The lowest BCUT2D eigenvalue weighted by Crippen LogP contribution is -2.18. The fourth-order valence-corrected chi connectivity index (χ4v) is 2.63. The van der Waals surface area contributed by atoms with E-state index < -0.39 is 21.4 Å². The normalized spacial score (nSPS) is 13.6. The summed E-state index contributed by atoms with van der Waals surface area (Å²) in [5.74, 6) is -0.393. The molecule has 0 spiro atoms. The van der Waals surface area contributed by atoms with Gasteiger partial charge in [-0.3, -0.25) is 14.9 Å². The zero-order valence-electron chi connectivity index (χ0n) is 10.6. The van der Waals surface area contributed by atoms with Crippen LogP contribution in [-0.2, 0) is 4.79 Å². The predicted molar refractivity (Wildman–Crippen MR) is 72.3 cm³/mol. The summed E-state index contributed by atoms with van der Waals surface area (Å²) >= 11 is 1.06. The van der Waals surface area contributed by atoms with Gasteiger partial charge in [-0.1, -0.05) is 12.1 Å². The quantitative estimate of drug-likeness (QED) is 0.610. The highest BCUT2D eigenvalue weighted by Crippen LogP contribution is 2.34. The highest BCUT2D eigenvalue weighted by Gasteiger charge is 2.24. The predicted octanol–water partition coefficient (Wildman–Crippen LogP) is 2.22. The maximum absolute atomic E-state index is 10.9. The molecule has 2 unspecified atom stereocenters. The molecule has 0 fully saturated rings. The number of hydrogen-bond donors (Lipinski definition) is 1. The van der Waals surface area contributed by atoms with E-state index in [1.165, 1.54) is 14.0 Å². The molecule has 6 nitrogen and oxygen atoms in total. The van der Waals surface area contributed by atoms with Crippen LogP contribution < -0.4 is 4.74 Å². The van der Waals surface area contributed by atoms with E-state index in [4.69, 9.17) is 9.84 Å². The van der Waals surface area contributed by atoms with Crippen LogP contribution in [0.1, 0.15) is 17.7 Å². The molecule has 0 bridgehead atoms. The molecule has 0 saturated carbocycles. The lowest BCUT2D eigenvalue weighted by atomic mass is 10.1. The molecule has 0 aliphatic heterocycles. The van der Waals surface area contributed by atoms with Crippen LogP contribution in [0.3, 0.4) is 0 Å². The van der Waals surface area contributed by atoms with Crippen molar-refractivity contribution in [1.82, 2.24) is 0 Å². The molecular formula is C12H15NO5S. The van der Waals surface area contributed by atoms with Crippen molar-refractivity contribution in [2.75, 3.05) is 13.7 Å². The average Bonchev–Trinajstić information content (AvgIpc) is 2.37. The summed E-state index contributed by atoms with van der Waals surface area (Å²) in [5, 5.41) is 18.4. The van der Waals surface area contributed by atoms with Gasteiger partial charge in [-0.25, -0.2) is 0 Å². The molecule has 1 rings (SSSR count). The maximum atomic E-state index is 10.9. The van der Waals surface area contributed by atoms with E-state index in [1.807, 2.05) is 0 Å². The monoisotopic (exact) mass is 285 g/mol. The van der Waals surface area contributed by atoms with Crippen molar-refractivity contribution in [1.29, 1.82) is 0 Å². The van der Waals surface area contributed by atoms with Crippen molar-refractivity contribution in [2.45, 2.75) is 17.4 Å². The number of carbonyl (C=O) groups is 1. The van der Waals surface area contributed by atoms with Crippen LogP contribution in [-0.4, -0.2) is 34.9 Å². The summed E-state index contributed by atoms with van der Waals surface area (Å²) in [7, 11) is 1.51. The van der Waals surface area contributed by atoms with E-state index >= 15 is 0 Å². The van der Waals surface area contributed by atoms with Gasteiger partial charge in [0, 0.05) is 4.92 Å². The van der Waals surface area contributed by atoms with Gasteiger partial charge in [0.05, 0.1) is 12.4 Å². The number of nitro groups is 1. The Hall–Kier alpha value is -1.76. The average molecular weight is 285 g/mol. The summed E-state index contributed by atoms with van der Waals surface area (Å²) in [4.78, 5) is 21.1. The third-order valence-corrected chi connectivity index (χ3v) is 3.86. The first-order valence-corrected chi connectivity index (χ1v) is 6.52. The van der Waals surface area contributed by atoms with Crippen LogP contribution in [0.2, 0.25) is 0 Å². The fraction of sp³-hybridized carbons (Fsp3) is 0.417. The number of aliphatic carboxylic acids is 1. The van der Waals surface area contributed by atoms with Crippen molar-refractivity contribution in [3.05, 3.63) is 39.9 Å². The highest BCUT2D eigenvalue weighted by atomic mass is 32.2. The molecular weight excluding hydrogens is 270 g/mol. The standard InChI is InChI=1S/C12H15NO5S/c1-8(12(14)15)19-11(7-13(16)17)9-4-3-5-10(6-9)18-2/h3-6,8,11H,7H2,1-2H3,(H,14,15). The van der Waals surface area contributed by atoms with Crippen LogP contribution in [0.5, 0.6) is 5.75 Å². The summed E-state index contributed by atoms with van der Waals surface area (Å²) in [5.41, 5.74) is 0.689. The Kier molecular flexibility index (Phi) is 5.62. The minimum atomic E-state index is -0.985. The third-order valence-electron chi connectivity index (χ3n) is 2.50. The van der Waals surface area contributed by atoms with Crippen molar-refractivity contribution in [2.24, 2.45) is 0 Å². The SMILES string of the molecule is COc1cccc(C(C[N+](=O)[O-])SC(C)C(=O)O)c1. The van der Waals surface area contributed by atoms with Gasteiger partial charge in [0.25, 0.3) is 0 Å². The molecule has 19 heavy (non-hydrogen) atoms. The Labute approximate surface area is 114 Å². The van der Waals surface area contributed by atoms with Crippen molar-refractivity contribution < 1.29 is 19.6 Å². The third kappa shape index (κ3) is 4.78. The molecule has 0 amide bonds. The second-order valence-electron chi connectivity index (χ2n) is 3.90. The zero-order valence-corrected chi connectivity index (χ0v) is 11.4. The smallest absolute Gasteiger partial charge is 0.316 e. The highest BCUT2D eigenvalue weighted by molar-refractivity contribution is 8.00. The molecule has 1 aromatic carbocycles. The Morgan fingerprint density at radius 1 is 1.58 bits per heavy atom. The van der Waals surface area contributed by atoms with Gasteiger partial charge in [-0.15, -0.1) is 11.8 Å². The number of methoxy groups -OCH3 is 1. The van der Waals surface area contributed by atoms with Gasteiger partial charge in [-0.2, -0.15) is 0 Å². The van der Waals surface area contributed by atoms with Crippen molar-refractivity contribution in [3.8, 4) is 5.75 Å². The van der Waals surface area contributed by atoms with E-state index in [0.29, 0.717) is 11.3 Å². The van der Waals surface area contributed by atoms with Crippen molar-refractivity contribution >= 4 is 17.7 Å². The number of thioether (sulfide) groups is 1. The van der Waals surface area contributed by atoms with Crippen molar-refractivity contribution in [3.63, 3.8) is 0 Å². The number of rotatable bonds is 7. The van der Waals surface area contributed by atoms with Crippen LogP contribution >= 0.6 is 11.8 Å². The van der Waals surface area contributed by atoms with E-state index in [2.05, 4.69) is 0 Å². The second-order valence-corrected chi connectivity index (χ2v) is 5.45.